The number of nitrogens with zero attached hydrogens (tertiary/aromatic N) is 2. The van der Waals surface area contributed by atoms with Crippen LogP contribution in [0.15, 0.2) is 70.8 Å². The summed E-state index contributed by atoms with van der Waals surface area (Å²) < 4.78 is 0. The third-order valence-electron chi connectivity index (χ3n) is 2.63. The zero-order chi connectivity index (χ0) is 16.7. The Bertz CT molecular complexity index is 737. The molecule has 0 saturated carbocycles. The lowest BCUT2D eigenvalue weighted by Crippen LogP contribution is -2.37. The highest BCUT2D eigenvalue weighted by atomic mass is 35.5. The van der Waals surface area contributed by atoms with E-state index in [4.69, 9.17) is 17.3 Å². The van der Waals surface area contributed by atoms with Gasteiger partial charge in [0.05, 0.1) is 5.70 Å². The minimum atomic E-state index is -0.388. The van der Waals surface area contributed by atoms with Crippen LogP contribution >= 0.6 is 23.4 Å². The van der Waals surface area contributed by atoms with Crippen LogP contribution in [-0.2, 0) is 0 Å². The van der Waals surface area contributed by atoms with Crippen molar-refractivity contribution < 1.29 is 4.79 Å². The molecule has 3 N–H and O–H groups in total. The van der Waals surface area contributed by atoms with Crippen LogP contribution in [0.3, 0.4) is 0 Å². The first-order valence-corrected chi connectivity index (χ1v) is 8.05. The molecule has 2 rings (SSSR count). The summed E-state index contributed by atoms with van der Waals surface area (Å²) in [7, 11) is 0. The van der Waals surface area contributed by atoms with Crippen LogP contribution in [0.1, 0.15) is 10.4 Å². The topological polar surface area (TPSA) is 79.8 Å². The highest BCUT2D eigenvalue weighted by Crippen LogP contribution is 2.12. The Labute approximate surface area is 143 Å². The number of nitrogens with one attached hydrogen (secondary N) is 1. The maximum absolute atomic E-state index is 12.1. The van der Waals surface area contributed by atoms with Crippen molar-refractivity contribution in [2.24, 2.45) is 15.7 Å². The van der Waals surface area contributed by atoms with Crippen LogP contribution in [0.5, 0.6) is 0 Å². The lowest BCUT2D eigenvalue weighted by Gasteiger charge is -2.05. The van der Waals surface area contributed by atoms with E-state index in [0.29, 0.717) is 27.2 Å². The molecule has 0 atom stereocenters. The van der Waals surface area contributed by atoms with Gasteiger partial charge in [0.15, 0.2) is 5.17 Å². The highest BCUT2D eigenvalue weighted by molar-refractivity contribution is 8.14. The van der Waals surface area contributed by atoms with E-state index in [0.717, 1.165) is 0 Å². The first-order valence-electron chi connectivity index (χ1n) is 6.69. The predicted molar refractivity (Wildman–Crippen MR) is 97.9 cm³/mol. The summed E-state index contributed by atoms with van der Waals surface area (Å²) in [4.78, 5) is 20.5. The molecule has 0 radical (unpaired) electrons. The predicted octanol–water partition coefficient (Wildman–Crippen LogP) is 3.11. The number of amidine groups is 1. The number of thioether (sulfide) groups is 1. The summed E-state index contributed by atoms with van der Waals surface area (Å²) >= 11 is 7.25. The van der Waals surface area contributed by atoms with E-state index < -0.39 is 0 Å². The normalized spacial score (nSPS) is 18.2. The molecule has 0 saturated heterocycles. The number of nitrogens with two attached hydrogens (primary N) is 1. The summed E-state index contributed by atoms with van der Waals surface area (Å²) in [5, 5.41) is 3.41. The second kappa shape index (κ2) is 8.36. The standard InChI is InChI=1S/C16H15ClN4OS/c1-11-6-3-2-4-9-23-16(19-11)21-15(18)20-14(22)12-7-5-8-13(17)10-12/h2-8,10H,1,9H2,(H3,18,19,20,21,22)/b4-2-,6-3-. The number of carbonyl (C=O) groups excluding carboxylic acids is 1. The summed E-state index contributed by atoms with van der Waals surface area (Å²) in [6, 6.07) is 6.56. The molecule has 5 nitrogen and oxygen atoms in total. The summed E-state index contributed by atoms with van der Waals surface area (Å²) in [5.41, 5.74) is 6.73. The molecule has 7 heteroatoms. The first-order chi connectivity index (χ1) is 11.0. The molecule has 1 aliphatic heterocycles. The van der Waals surface area contributed by atoms with Crippen LogP contribution in [0.25, 0.3) is 0 Å². The van der Waals surface area contributed by atoms with Gasteiger partial charge in [0.2, 0.25) is 5.96 Å². The van der Waals surface area contributed by atoms with E-state index in [-0.39, 0.29) is 11.9 Å². The molecule has 1 aliphatic rings. The number of amides is 1. The Morgan fingerprint density at radius 1 is 1.43 bits per heavy atom. The van der Waals surface area contributed by atoms with Gasteiger partial charge in [0.1, 0.15) is 0 Å². The van der Waals surface area contributed by atoms with Crippen LogP contribution < -0.4 is 11.1 Å². The Kier molecular flexibility index (Phi) is 6.19. The molecule has 1 heterocycles. The number of benzene rings is 1. The van der Waals surface area contributed by atoms with Gasteiger partial charge in [-0.2, -0.15) is 4.99 Å². The molecule has 0 spiro atoms. The molecule has 0 fully saturated rings. The van der Waals surface area contributed by atoms with Gasteiger partial charge in [-0.05, 0) is 24.3 Å². The van der Waals surface area contributed by atoms with Crippen LogP contribution in [-0.4, -0.2) is 22.8 Å². The number of rotatable bonds is 1. The molecule has 0 aliphatic carbocycles. The van der Waals surface area contributed by atoms with Crippen LogP contribution in [0.2, 0.25) is 5.02 Å². The average molecular weight is 347 g/mol. The smallest absolute Gasteiger partial charge is 0.258 e. The van der Waals surface area contributed by atoms with Gasteiger partial charge < -0.3 is 5.73 Å². The summed E-state index contributed by atoms with van der Waals surface area (Å²) in [6.07, 6.45) is 7.48. The van der Waals surface area contributed by atoms with E-state index in [1.807, 2.05) is 18.2 Å². The van der Waals surface area contributed by atoms with Crippen molar-refractivity contribution in [1.29, 1.82) is 0 Å². The van der Waals surface area contributed by atoms with E-state index in [9.17, 15) is 4.79 Å². The molecular formula is C16H15ClN4OS. The van der Waals surface area contributed by atoms with Gasteiger partial charge in [0.25, 0.3) is 5.91 Å². The van der Waals surface area contributed by atoms with Crippen molar-refractivity contribution in [2.75, 3.05) is 5.75 Å². The molecule has 118 valence electrons. The minimum absolute atomic E-state index is 0.0405. The number of hydrogen-bond acceptors (Lipinski definition) is 4. The zero-order valence-electron chi connectivity index (χ0n) is 12.2. The second-order valence-corrected chi connectivity index (χ2v) is 5.87. The Hall–Kier alpha value is -2.31. The number of guanidine groups is 1. The van der Waals surface area contributed by atoms with Gasteiger partial charge in [-0.3, -0.25) is 10.1 Å². The number of carbonyl (C=O) groups is 1. The van der Waals surface area contributed by atoms with Gasteiger partial charge in [-0.15, -0.1) is 0 Å². The molecule has 1 aromatic carbocycles. The minimum Gasteiger partial charge on any atom is -0.369 e. The quantitative estimate of drug-likeness (QED) is 0.605. The van der Waals surface area contributed by atoms with Crippen molar-refractivity contribution in [1.82, 2.24) is 5.32 Å². The number of allylic oxidation sites excluding steroid dienone is 3. The van der Waals surface area contributed by atoms with Gasteiger partial charge in [-0.25, -0.2) is 4.99 Å². The van der Waals surface area contributed by atoms with Gasteiger partial charge in [-0.1, -0.05) is 54.2 Å². The van der Waals surface area contributed by atoms with E-state index in [1.54, 1.807) is 30.3 Å². The van der Waals surface area contributed by atoms with Crippen molar-refractivity contribution in [3.8, 4) is 0 Å². The maximum atomic E-state index is 12.1. The van der Waals surface area contributed by atoms with E-state index >= 15 is 0 Å². The van der Waals surface area contributed by atoms with Gasteiger partial charge in [0, 0.05) is 16.3 Å². The zero-order valence-corrected chi connectivity index (χ0v) is 13.8. The van der Waals surface area contributed by atoms with Crippen molar-refractivity contribution in [3.63, 3.8) is 0 Å². The second-order valence-electron chi connectivity index (χ2n) is 4.45. The fraction of sp³-hybridized carbons (Fsp3) is 0.0625. The largest absolute Gasteiger partial charge is 0.369 e. The summed E-state index contributed by atoms with van der Waals surface area (Å²) in [5.74, 6) is 0.261. The first kappa shape index (κ1) is 17.1. The Morgan fingerprint density at radius 3 is 3.04 bits per heavy atom. The molecule has 0 bridgehead atoms. The third-order valence-corrected chi connectivity index (χ3v) is 3.66. The molecule has 1 aromatic rings. The molecule has 0 unspecified atom stereocenters. The van der Waals surface area contributed by atoms with Crippen molar-refractivity contribution >= 4 is 40.4 Å². The fourth-order valence-electron chi connectivity index (χ4n) is 1.62. The van der Waals surface area contributed by atoms with Crippen LogP contribution in [0, 0.1) is 0 Å². The fourth-order valence-corrected chi connectivity index (χ4v) is 2.51. The maximum Gasteiger partial charge on any atom is 0.258 e. The number of halogens is 1. The monoisotopic (exact) mass is 346 g/mol. The Morgan fingerprint density at radius 2 is 2.26 bits per heavy atom. The third kappa shape index (κ3) is 5.77. The summed E-state index contributed by atoms with van der Waals surface area (Å²) in [6.45, 7) is 3.80. The lowest BCUT2D eigenvalue weighted by molar-refractivity contribution is 0.0976. The van der Waals surface area contributed by atoms with E-state index in [2.05, 4.69) is 21.9 Å². The SMILES string of the molecule is C=C1/C=C\C=C/CSC(/N=C(\N)NC(=O)c2cccc(Cl)c2)=N1. The Balaban J connectivity index is 2.10. The molecule has 1 amide bonds. The van der Waals surface area contributed by atoms with Crippen LogP contribution in [0.4, 0.5) is 0 Å². The number of hydrogen-bond donors (Lipinski definition) is 2. The lowest BCUT2D eigenvalue weighted by atomic mass is 10.2. The number of aliphatic imine (C=N–C) groups is 2. The van der Waals surface area contributed by atoms with Crippen molar-refractivity contribution in [3.05, 3.63) is 71.4 Å². The molecule has 0 aromatic heterocycles. The van der Waals surface area contributed by atoms with Gasteiger partial charge >= 0.3 is 0 Å². The molecule has 23 heavy (non-hydrogen) atoms. The van der Waals surface area contributed by atoms with Crippen molar-refractivity contribution in [2.45, 2.75) is 0 Å². The highest BCUT2D eigenvalue weighted by Gasteiger charge is 2.08. The molecular weight excluding hydrogens is 332 g/mol. The van der Waals surface area contributed by atoms with E-state index in [1.165, 1.54) is 11.8 Å². The average Bonchev–Trinajstić information content (AvgIpc) is 2.59.